The second kappa shape index (κ2) is 8.42. The van der Waals surface area contributed by atoms with Crippen molar-refractivity contribution in [2.45, 2.75) is 44.2 Å². The fourth-order valence-electron chi connectivity index (χ4n) is 2.45. The van der Waals surface area contributed by atoms with Gasteiger partial charge in [0.1, 0.15) is 24.1 Å². The third-order valence-electron chi connectivity index (χ3n) is 3.76. The largest absolute Gasteiger partial charge is 0.497 e. The van der Waals surface area contributed by atoms with Crippen LogP contribution in [0, 0.1) is 0 Å². The third-order valence-corrected chi connectivity index (χ3v) is 3.76. The summed E-state index contributed by atoms with van der Waals surface area (Å²) >= 11 is 0. The van der Waals surface area contributed by atoms with Gasteiger partial charge in [0.25, 0.3) is 0 Å². The van der Waals surface area contributed by atoms with Crippen molar-refractivity contribution < 1.29 is 29.2 Å². The highest BCUT2D eigenvalue weighted by Crippen LogP contribution is 2.25. The first-order valence-electron chi connectivity index (χ1n) is 7.55. The van der Waals surface area contributed by atoms with Crippen molar-refractivity contribution in [2.24, 2.45) is 0 Å². The van der Waals surface area contributed by atoms with Gasteiger partial charge in [-0.05, 0) is 24.6 Å². The number of aliphatic hydroxyl groups excluding tert-OH is 2. The highest BCUT2D eigenvalue weighted by atomic mass is 16.7. The molecular weight excluding hydrogens is 300 g/mol. The summed E-state index contributed by atoms with van der Waals surface area (Å²) in [6.07, 6.45) is -2.66. The highest BCUT2D eigenvalue weighted by molar-refractivity contribution is 5.26. The van der Waals surface area contributed by atoms with E-state index in [2.05, 4.69) is 6.58 Å². The summed E-state index contributed by atoms with van der Waals surface area (Å²) in [6, 6.07) is 7.44. The van der Waals surface area contributed by atoms with Crippen LogP contribution in [0.5, 0.6) is 5.75 Å². The van der Waals surface area contributed by atoms with Crippen LogP contribution in [-0.2, 0) is 20.8 Å². The molecule has 0 aromatic heterocycles. The Balaban J connectivity index is 1.92. The number of hydrogen-bond donors (Lipinski definition) is 2. The monoisotopic (exact) mass is 324 g/mol. The second-order valence-corrected chi connectivity index (χ2v) is 5.44. The van der Waals surface area contributed by atoms with E-state index < -0.39 is 30.7 Å². The zero-order chi connectivity index (χ0) is 16.8. The molecule has 1 aromatic carbocycles. The molecule has 1 heterocycles. The van der Waals surface area contributed by atoms with Crippen LogP contribution in [0.25, 0.3) is 0 Å². The predicted octanol–water partition coefficient (Wildman–Crippen LogP) is 1.25. The van der Waals surface area contributed by atoms with Gasteiger partial charge in [0.05, 0.1) is 26.4 Å². The molecule has 2 N–H and O–H groups in total. The smallest absolute Gasteiger partial charge is 0.186 e. The SMILES string of the molecule is C=CCO[C@@H]1O[C@@H](C)[C@H](OCc2ccc(OC)cc2)[C@@H](O)[C@H]1O. The van der Waals surface area contributed by atoms with Gasteiger partial charge in [-0.3, -0.25) is 0 Å². The number of hydrogen-bond acceptors (Lipinski definition) is 6. The van der Waals surface area contributed by atoms with Gasteiger partial charge in [0, 0.05) is 0 Å². The van der Waals surface area contributed by atoms with Gasteiger partial charge in [0.2, 0.25) is 0 Å². The topological polar surface area (TPSA) is 77.4 Å². The Kier molecular flexibility index (Phi) is 6.56. The first-order valence-corrected chi connectivity index (χ1v) is 7.55. The van der Waals surface area contributed by atoms with Crippen LogP contribution in [0.1, 0.15) is 12.5 Å². The van der Waals surface area contributed by atoms with Gasteiger partial charge < -0.3 is 29.2 Å². The molecule has 2 rings (SSSR count). The molecule has 6 nitrogen and oxygen atoms in total. The van der Waals surface area contributed by atoms with E-state index in [0.29, 0.717) is 6.61 Å². The molecule has 0 saturated carbocycles. The minimum Gasteiger partial charge on any atom is -0.497 e. The number of aliphatic hydroxyl groups is 2. The Hall–Kier alpha value is -1.44. The average molecular weight is 324 g/mol. The van der Waals surface area contributed by atoms with Crippen molar-refractivity contribution in [1.29, 1.82) is 0 Å². The van der Waals surface area contributed by atoms with Crippen LogP contribution in [0.2, 0.25) is 0 Å². The molecule has 128 valence electrons. The maximum absolute atomic E-state index is 10.3. The number of rotatable bonds is 7. The molecule has 1 saturated heterocycles. The van der Waals surface area contributed by atoms with E-state index in [0.717, 1.165) is 11.3 Å². The number of benzene rings is 1. The molecule has 0 unspecified atom stereocenters. The molecule has 0 spiro atoms. The lowest BCUT2D eigenvalue weighted by Gasteiger charge is -2.41. The van der Waals surface area contributed by atoms with Crippen molar-refractivity contribution in [1.82, 2.24) is 0 Å². The minimum absolute atomic E-state index is 0.235. The van der Waals surface area contributed by atoms with Crippen molar-refractivity contribution in [3.63, 3.8) is 0 Å². The van der Waals surface area contributed by atoms with Crippen molar-refractivity contribution in [3.05, 3.63) is 42.5 Å². The van der Waals surface area contributed by atoms with Crippen molar-refractivity contribution in [3.8, 4) is 5.75 Å². The maximum atomic E-state index is 10.3. The first kappa shape index (κ1) is 17.9. The van der Waals surface area contributed by atoms with E-state index in [9.17, 15) is 10.2 Å². The van der Waals surface area contributed by atoms with Gasteiger partial charge in [-0.1, -0.05) is 18.2 Å². The molecule has 0 radical (unpaired) electrons. The van der Waals surface area contributed by atoms with E-state index in [-0.39, 0.29) is 6.61 Å². The van der Waals surface area contributed by atoms with Crippen LogP contribution in [0.3, 0.4) is 0 Å². The van der Waals surface area contributed by atoms with Crippen LogP contribution in [0.4, 0.5) is 0 Å². The normalized spacial score (nSPS) is 30.9. The van der Waals surface area contributed by atoms with Crippen molar-refractivity contribution >= 4 is 0 Å². The standard InChI is InChI=1S/C17H24O6/c1-4-9-21-17-15(19)14(18)16(11(2)23-17)22-10-12-5-7-13(20-3)8-6-12/h4-8,11,14-19H,1,9-10H2,2-3H3/t11-,14-,15+,16-,17+/m0/s1. The fourth-order valence-corrected chi connectivity index (χ4v) is 2.45. The lowest BCUT2D eigenvalue weighted by atomic mass is 9.99. The molecule has 1 aromatic rings. The maximum Gasteiger partial charge on any atom is 0.186 e. The molecule has 0 aliphatic carbocycles. The van der Waals surface area contributed by atoms with Gasteiger partial charge in [-0.2, -0.15) is 0 Å². The number of methoxy groups -OCH3 is 1. The van der Waals surface area contributed by atoms with E-state index in [1.54, 1.807) is 20.1 Å². The molecule has 0 amide bonds. The predicted molar refractivity (Wildman–Crippen MR) is 84.1 cm³/mol. The van der Waals surface area contributed by atoms with Gasteiger partial charge in [-0.25, -0.2) is 0 Å². The van der Waals surface area contributed by atoms with E-state index in [1.807, 2.05) is 24.3 Å². The summed E-state index contributed by atoms with van der Waals surface area (Å²) in [6.45, 7) is 5.85. The average Bonchev–Trinajstić information content (AvgIpc) is 2.57. The molecule has 0 bridgehead atoms. The van der Waals surface area contributed by atoms with Gasteiger partial charge in [0.15, 0.2) is 6.29 Å². The van der Waals surface area contributed by atoms with E-state index in [4.69, 9.17) is 18.9 Å². The van der Waals surface area contributed by atoms with Gasteiger partial charge in [-0.15, -0.1) is 6.58 Å². The summed E-state index contributed by atoms with van der Waals surface area (Å²) in [5, 5.41) is 20.3. The molecular formula is C17H24O6. The van der Waals surface area contributed by atoms with Gasteiger partial charge >= 0.3 is 0 Å². The Morgan fingerprint density at radius 2 is 1.87 bits per heavy atom. The Morgan fingerprint density at radius 1 is 1.17 bits per heavy atom. The zero-order valence-electron chi connectivity index (χ0n) is 13.4. The molecule has 1 fully saturated rings. The Bertz CT molecular complexity index is 488. The molecule has 23 heavy (non-hydrogen) atoms. The molecule has 1 aliphatic heterocycles. The van der Waals surface area contributed by atoms with Crippen molar-refractivity contribution in [2.75, 3.05) is 13.7 Å². The minimum atomic E-state index is -1.17. The summed E-state index contributed by atoms with van der Waals surface area (Å²) in [5.74, 6) is 0.765. The van der Waals surface area contributed by atoms with Crippen LogP contribution in [-0.4, -0.2) is 54.6 Å². The second-order valence-electron chi connectivity index (χ2n) is 5.44. The molecule has 6 heteroatoms. The lowest BCUT2D eigenvalue weighted by molar-refractivity contribution is -0.298. The summed E-state index contributed by atoms with van der Waals surface area (Å²) < 4.78 is 21.7. The van der Waals surface area contributed by atoms with E-state index >= 15 is 0 Å². The van der Waals surface area contributed by atoms with Crippen LogP contribution in [0.15, 0.2) is 36.9 Å². The van der Waals surface area contributed by atoms with Crippen LogP contribution < -0.4 is 4.74 Å². The fraction of sp³-hybridized carbons (Fsp3) is 0.529. The summed E-state index contributed by atoms with van der Waals surface area (Å²) in [5.41, 5.74) is 0.935. The quantitative estimate of drug-likeness (QED) is 0.735. The first-order chi connectivity index (χ1) is 11.1. The zero-order valence-corrected chi connectivity index (χ0v) is 13.4. The molecule has 1 aliphatic rings. The Morgan fingerprint density at radius 3 is 2.48 bits per heavy atom. The summed E-state index contributed by atoms with van der Waals surface area (Å²) in [7, 11) is 1.61. The molecule has 5 atom stereocenters. The third kappa shape index (κ3) is 4.53. The lowest BCUT2D eigenvalue weighted by Crippen LogP contribution is -2.58. The number of ether oxygens (including phenoxy) is 4. The van der Waals surface area contributed by atoms with Crippen LogP contribution >= 0.6 is 0 Å². The highest BCUT2D eigenvalue weighted by Gasteiger charge is 2.43. The Labute approximate surface area is 136 Å². The van der Waals surface area contributed by atoms with E-state index in [1.165, 1.54) is 0 Å². The summed E-state index contributed by atoms with van der Waals surface area (Å²) in [4.78, 5) is 0.